The van der Waals surface area contributed by atoms with Crippen molar-refractivity contribution in [3.05, 3.63) is 16.0 Å². The summed E-state index contributed by atoms with van der Waals surface area (Å²) >= 11 is 1.36. The van der Waals surface area contributed by atoms with E-state index in [-0.39, 0.29) is 24.3 Å². The molecule has 0 radical (unpaired) electrons. The Hall–Kier alpha value is -1.93. The monoisotopic (exact) mass is 366 g/mol. The van der Waals surface area contributed by atoms with E-state index in [9.17, 15) is 14.4 Å². The van der Waals surface area contributed by atoms with Crippen molar-refractivity contribution in [2.24, 2.45) is 11.7 Å². The number of piperazine rings is 1. The Morgan fingerprint density at radius 3 is 2.28 bits per heavy atom. The highest BCUT2D eigenvalue weighted by molar-refractivity contribution is 7.16. The van der Waals surface area contributed by atoms with Crippen molar-refractivity contribution in [2.45, 2.75) is 27.7 Å². The third-order valence-electron chi connectivity index (χ3n) is 4.43. The highest BCUT2D eigenvalue weighted by Gasteiger charge is 2.25. The van der Waals surface area contributed by atoms with Gasteiger partial charge in [-0.15, -0.1) is 11.3 Å². The summed E-state index contributed by atoms with van der Waals surface area (Å²) in [6.45, 7) is 10.3. The molecule has 0 saturated carbocycles. The molecule has 0 aromatic carbocycles. The van der Waals surface area contributed by atoms with E-state index in [4.69, 9.17) is 5.73 Å². The fourth-order valence-corrected chi connectivity index (χ4v) is 3.95. The third kappa shape index (κ3) is 4.58. The Balaban J connectivity index is 1.91. The second-order valence-corrected chi connectivity index (χ2v) is 7.88. The van der Waals surface area contributed by atoms with Gasteiger partial charge in [0.05, 0.1) is 12.1 Å². The first-order chi connectivity index (χ1) is 11.7. The number of rotatable bonds is 5. The smallest absolute Gasteiger partial charge is 0.251 e. The molecule has 138 valence electrons. The number of carbonyl (C=O) groups is 3. The normalized spacial score (nSPS) is 15.5. The highest BCUT2D eigenvalue weighted by atomic mass is 32.1. The maximum atomic E-state index is 12.3. The number of aryl methyl sites for hydroxylation is 1. The Bertz CT molecular complexity index is 676. The molecule has 1 aromatic rings. The van der Waals surface area contributed by atoms with Gasteiger partial charge in [0.15, 0.2) is 0 Å². The summed E-state index contributed by atoms with van der Waals surface area (Å²) in [7, 11) is 0. The van der Waals surface area contributed by atoms with Gasteiger partial charge >= 0.3 is 0 Å². The number of carbonyl (C=O) groups excluding carboxylic acids is 3. The van der Waals surface area contributed by atoms with E-state index in [1.54, 1.807) is 0 Å². The lowest BCUT2D eigenvalue weighted by Gasteiger charge is -2.35. The summed E-state index contributed by atoms with van der Waals surface area (Å²) < 4.78 is 0. The van der Waals surface area contributed by atoms with Gasteiger partial charge in [0.2, 0.25) is 11.8 Å². The zero-order valence-corrected chi connectivity index (χ0v) is 16.0. The van der Waals surface area contributed by atoms with Gasteiger partial charge in [-0.1, -0.05) is 13.8 Å². The fraction of sp³-hybridized carbons (Fsp3) is 0.588. The first-order valence-electron chi connectivity index (χ1n) is 8.41. The van der Waals surface area contributed by atoms with Crippen LogP contribution in [0, 0.1) is 19.8 Å². The predicted molar refractivity (Wildman–Crippen MR) is 98.8 cm³/mol. The average molecular weight is 366 g/mol. The number of amides is 3. The van der Waals surface area contributed by atoms with Crippen molar-refractivity contribution in [3.8, 4) is 0 Å². The maximum Gasteiger partial charge on any atom is 0.251 e. The van der Waals surface area contributed by atoms with Crippen LogP contribution in [-0.4, -0.2) is 60.2 Å². The van der Waals surface area contributed by atoms with Crippen LogP contribution in [0.4, 0.5) is 5.00 Å². The molecule has 8 heteroatoms. The van der Waals surface area contributed by atoms with Crippen LogP contribution in [0.15, 0.2) is 0 Å². The summed E-state index contributed by atoms with van der Waals surface area (Å²) in [5.74, 6) is -0.558. The van der Waals surface area contributed by atoms with E-state index in [1.807, 2.05) is 37.5 Å². The molecule has 0 aliphatic carbocycles. The van der Waals surface area contributed by atoms with E-state index >= 15 is 0 Å². The van der Waals surface area contributed by atoms with Crippen molar-refractivity contribution in [3.63, 3.8) is 0 Å². The molecule has 0 atom stereocenters. The Labute approximate surface area is 152 Å². The van der Waals surface area contributed by atoms with Gasteiger partial charge in [0, 0.05) is 37.0 Å². The minimum Gasteiger partial charge on any atom is -0.365 e. The molecule has 1 aliphatic heterocycles. The van der Waals surface area contributed by atoms with Gasteiger partial charge in [-0.2, -0.15) is 0 Å². The van der Waals surface area contributed by atoms with Crippen molar-refractivity contribution in [2.75, 3.05) is 38.0 Å². The summed E-state index contributed by atoms with van der Waals surface area (Å²) in [6, 6.07) is 0. The molecule has 2 rings (SSSR count). The molecule has 7 nitrogen and oxygen atoms in total. The van der Waals surface area contributed by atoms with Gasteiger partial charge in [-0.3, -0.25) is 19.3 Å². The van der Waals surface area contributed by atoms with E-state index in [0.29, 0.717) is 36.7 Å². The molecule has 0 bridgehead atoms. The van der Waals surface area contributed by atoms with Crippen LogP contribution >= 0.6 is 11.3 Å². The quantitative estimate of drug-likeness (QED) is 0.818. The van der Waals surface area contributed by atoms with Crippen LogP contribution in [0.5, 0.6) is 0 Å². The first-order valence-corrected chi connectivity index (χ1v) is 9.23. The molecule has 0 spiro atoms. The van der Waals surface area contributed by atoms with Gasteiger partial charge < -0.3 is 16.0 Å². The standard InChI is InChI=1S/C17H26N4O3S/c1-10(2)17(24)21-7-5-20(6-8-21)9-13(22)19-16-14(15(18)23)11(3)12(4)25-16/h10H,5-9H2,1-4H3,(H2,18,23)(H,19,22). The van der Waals surface area contributed by atoms with Crippen molar-refractivity contribution < 1.29 is 14.4 Å². The van der Waals surface area contributed by atoms with E-state index in [2.05, 4.69) is 5.32 Å². The molecule has 2 heterocycles. The van der Waals surface area contributed by atoms with Gasteiger partial charge in [-0.25, -0.2) is 0 Å². The number of nitrogens with two attached hydrogens (primary N) is 1. The second kappa shape index (κ2) is 7.97. The lowest BCUT2D eigenvalue weighted by Crippen LogP contribution is -2.51. The summed E-state index contributed by atoms with van der Waals surface area (Å²) in [5, 5.41) is 3.32. The lowest BCUT2D eigenvalue weighted by molar-refractivity contribution is -0.136. The number of nitrogens with zero attached hydrogens (tertiary/aromatic N) is 2. The van der Waals surface area contributed by atoms with Crippen LogP contribution in [-0.2, 0) is 9.59 Å². The van der Waals surface area contributed by atoms with Gasteiger partial charge in [-0.05, 0) is 19.4 Å². The molecule has 0 unspecified atom stereocenters. The molecule has 3 amide bonds. The number of nitrogens with one attached hydrogen (secondary N) is 1. The number of hydrogen-bond donors (Lipinski definition) is 2. The Morgan fingerprint density at radius 1 is 1.16 bits per heavy atom. The molecular formula is C17H26N4O3S. The second-order valence-electron chi connectivity index (χ2n) is 6.66. The average Bonchev–Trinajstić information content (AvgIpc) is 2.81. The summed E-state index contributed by atoms with van der Waals surface area (Å²) in [5.41, 5.74) is 6.63. The number of anilines is 1. The summed E-state index contributed by atoms with van der Waals surface area (Å²) in [6.07, 6.45) is 0. The Kier molecular flexibility index (Phi) is 6.18. The van der Waals surface area contributed by atoms with Crippen molar-refractivity contribution in [1.82, 2.24) is 9.80 Å². The van der Waals surface area contributed by atoms with Gasteiger partial charge in [0.1, 0.15) is 5.00 Å². The lowest BCUT2D eigenvalue weighted by atomic mass is 10.1. The zero-order chi connectivity index (χ0) is 18.7. The molecule has 1 fully saturated rings. The number of primary amides is 1. The zero-order valence-electron chi connectivity index (χ0n) is 15.2. The topological polar surface area (TPSA) is 95.7 Å². The SMILES string of the molecule is Cc1sc(NC(=O)CN2CCN(C(=O)C(C)C)CC2)c(C(N)=O)c1C. The van der Waals surface area contributed by atoms with Crippen LogP contribution in [0.2, 0.25) is 0 Å². The number of hydrogen-bond acceptors (Lipinski definition) is 5. The van der Waals surface area contributed by atoms with E-state index < -0.39 is 5.91 Å². The largest absolute Gasteiger partial charge is 0.365 e. The van der Waals surface area contributed by atoms with E-state index in [1.165, 1.54) is 11.3 Å². The first kappa shape index (κ1) is 19.4. The van der Waals surface area contributed by atoms with Crippen LogP contribution in [0.3, 0.4) is 0 Å². The van der Waals surface area contributed by atoms with E-state index in [0.717, 1.165) is 10.4 Å². The third-order valence-corrected chi connectivity index (χ3v) is 5.55. The van der Waals surface area contributed by atoms with Crippen LogP contribution in [0.25, 0.3) is 0 Å². The molecule has 3 N–H and O–H groups in total. The number of thiophene rings is 1. The van der Waals surface area contributed by atoms with Crippen molar-refractivity contribution >= 4 is 34.1 Å². The summed E-state index contributed by atoms with van der Waals surface area (Å²) in [4.78, 5) is 40.7. The highest BCUT2D eigenvalue weighted by Crippen LogP contribution is 2.31. The van der Waals surface area contributed by atoms with Crippen molar-refractivity contribution in [1.29, 1.82) is 0 Å². The minimum absolute atomic E-state index is 0.00706. The molecule has 1 saturated heterocycles. The molecule has 25 heavy (non-hydrogen) atoms. The maximum absolute atomic E-state index is 12.3. The van der Waals surface area contributed by atoms with Crippen LogP contribution < -0.4 is 11.1 Å². The Morgan fingerprint density at radius 2 is 1.76 bits per heavy atom. The predicted octanol–water partition coefficient (Wildman–Crippen LogP) is 1.20. The van der Waals surface area contributed by atoms with Crippen LogP contribution in [0.1, 0.15) is 34.6 Å². The molecule has 1 aromatic heterocycles. The fourth-order valence-electron chi connectivity index (χ4n) is 2.87. The molecular weight excluding hydrogens is 340 g/mol. The minimum atomic E-state index is -0.530. The molecule has 1 aliphatic rings. The van der Waals surface area contributed by atoms with Gasteiger partial charge in [0.25, 0.3) is 5.91 Å².